The molecule has 0 radical (unpaired) electrons. The third-order valence-electron chi connectivity index (χ3n) is 2.78. The summed E-state index contributed by atoms with van der Waals surface area (Å²) in [5, 5.41) is 8.76. The Hall–Kier alpha value is -2.00. The Balaban J connectivity index is 2.61. The summed E-state index contributed by atoms with van der Waals surface area (Å²) in [7, 11) is 1.62. The lowest BCUT2D eigenvalue weighted by molar-refractivity contribution is -0.137. The summed E-state index contributed by atoms with van der Waals surface area (Å²) in [6.07, 6.45) is 7.81. The number of terminal acetylenes is 1. The van der Waals surface area contributed by atoms with Gasteiger partial charge in [-0.2, -0.15) is 0 Å². The quantitative estimate of drug-likeness (QED) is 0.578. The summed E-state index contributed by atoms with van der Waals surface area (Å²) in [5.74, 6) is 1.23. The van der Waals surface area contributed by atoms with E-state index in [2.05, 4.69) is 5.92 Å². The lowest BCUT2D eigenvalue weighted by Gasteiger charge is -2.31. The van der Waals surface area contributed by atoms with Crippen LogP contribution in [0.2, 0.25) is 0 Å². The van der Waals surface area contributed by atoms with Gasteiger partial charge in [0.25, 0.3) is 0 Å². The number of urea groups is 1. The second-order valence-electron chi connectivity index (χ2n) is 4.23. The molecular formula is C13H18N2O4. The number of carboxylic acid groups (broad SMARTS) is 1. The Morgan fingerprint density at radius 2 is 2.37 bits per heavy atom. The van der Waals surface area contributed by atoms with E-state index < -0.39 is 5.97 Å². The average molecular weight is 266 g/mol. The van der Waals surface area contributed by atoms with Gasteiger partial charge in [-0.15, -0.1) is 6.42 Å². The number of carboxylic acids is 1. The van der Waals surface area contributed by atoms with Crippen LogP contribution in [-0.2, 0) is 9.53 Å². The van der Waals surface area contributed by atoms with E-state index in [1.807, 2.05) is 6.08 Å². The smallest absolute Gasteiger partial charge is 0.323 e. The molecule has 0 spiro atoms. The number of aliphatic carboxylic acids is 1. The second-order valence-corrected chi connectivity index (χ2v) is 4.23. The first kappa shape index (κ1) is 15.1. The van der Waals surface area contributed by atoms with Gasteiger partial charge in [0, 0.05) is 20.2 Å². The van der Waals surface area contributed by atoms with Crippen molar-refractivity contribution >= 4 is 12.0 Å². The fourth-order valence-corrected chi connectivity index (χ4v) is 1.87. The number of hydrogen-bond donors (Lipinski definition) is 1. The monoisotopic (exact) mass is 266 g/mol. The van der Waals surface area contributed by atoms with Gasteiger partial charge in [0.05, 0.1) is 13.2 Å². The predicted molar refractivity (Wildman–Crippen MR) is 69.6 cm³/mol. The van der Waals surface area contributed by atoms with Crippen LogP contribution in [0.4, 0.5) is 4.79 Å². The first-order valence-corrected chi connectivity index (χ1v) is 5.94. The maximum absolute atomic E-state index is 12.1. The molecule has 0 aliphatic carbocycles. The van der Waals surface area contributed by atoms with Crippen LogP contribution >= 0.6 is 0 Å². The van der Waals surface area contributed by atoms with E-state index in [4.69, 9.17) is 16.3 Å². The van der Waals surface area contributed by atoms with Crippen molar-refractivity contribution in [3.8, 4) is 12.3 Å². The van der Waals surface area contributed by atoms with E-state index in [9.17, 15) is 9.59 Å². The van der Waals surface area contributed by atoms with Gasteiger partial charge in [-0.1, -0.05) is 12.0 Å². The Labute approximate surface area is 112 Å². The predicted octanol–water partition coefficient (Wildman–Crippen LogP) is 0.405. The molecule has 1 aliphatic rings. The molecule has 1 N–H and O–H groups in total. The van der Waals surface area contributed by atoms with Crippen LogP contribution in [0.1, 0.15) is 6.42 Å². The zero-order valence-corrected chi connectivity index (χ0v) is 11.0. The number of rotatable bonds is 5. The SMILES string of the molecule is C#CCN(CC(=O)O)C(=O)N1CC=C(COC)CC1. The Kier molecular flexibility index (Phi) is 5.90. The van der Waals surface area contributed by atoms with Crippen molar-refractivity contribution in [3.05, 3.63) is 11.6 Å². The normalized spacial score (nSPS) is 14.5. The Morgan fingerprint density at radius 3 is 2.84 bits per heavy atom. The number of carbonyl (C=O) groups is 2. The van der Waals surface area contributed by atoms with Crippen LogP contribution in [-0.4, -0.2) is 66.8 Å². The highest BCUT2D eigenvalue weighted by Crippen LogP contribution is 2.12. The second kappa shape index (κ2) is 7.44. The van der Waals surface area contributed by atoms with Crippen molar-refractivity contribution in [1.82, 2.24) is 9.80 Å². The third-order valence-corrected chi connectivity index (χ3v) is 2.78. The highest BCUT2D eigenvalue weighted by molar-refractivity contribution is 5.80. The highest BCUT2D eigenvalue weighted by atomic mass is 16.5. The number of amides is 2. The lowest BCUT2D eigenvalue weighted by Crippen LogP contribution is -2.47. The molecule has 0 fully saturated rings. The average Bonchev–Trinajstić information content (AvgIpc) is 2.38. The van der Waals surface area contributed by atoms with Crippen molar-refractivity contribution in [2.75, 3.05) is 39.9 Å². The molecular weight excluding hydrogens is 248 g/mol. The number of nitrogens with zero attached hydrogens (tertiary/aromatic N) is 2. The van der Waals surface area contributed by atoms with E-state index >= 15 is 0 Å². The van der Waals surface area contributed by atoms with Gasteiger partial charge in [0.2, 0.25) is 0 Å². The zero-order chi connectivity index (χ0) is 14.3. The molecule has 0 saturated carbocycles. The minimum Gasteiger partial charge on any atom is -0.480 e. The van der Waals surface area contributed by atoms with Crippen molar-refractivity contribution in [2.24, 2.45) is 0 Å². The molecule has 104 valence electrons. The van der Waals surface area contributed by atoms with Crippen LogP contribution in [0.25, 0.3) is 0 Å². The molecule has 2 amide bonds. The van der Waals surface area contributed by atoms with Gasteiger partial charge in [-0.25, -0.2) is 4.79 Å². The van der Waals surface area contributed by atoms with Gasteiger partial charge in [0.15, 0.2) is 0 Å². The van der Waals surface area contributed by atoms with Crippen LogP contribution < -0.4 is 0 Å². The molecule has 0 atom stereocenters. The zero-order valence-electron chi connectivity index (χ0n) is 11.0. The molecule has 0 saturated heterocycles. The first-order chi connectivity index (χ1) is 9.08. The summed E-state index contributed by atoms with van der Waals surface area (Å²) in [6, 6.07) is -0.340. The molecule has 6 heteroatoms. The van der Waals surface area contributed by atoms with Gasteiger partial charge >= 0.3 is 12.0 Å². The molecule has 0 unspecified atom stereocenters. The van der Waals surface area contributed by atoms with Crippen LogP contribution in [0.5, 0.6) is 0 Å². The van der Waals surface area contributed by atoms with Crippen LogP contribution in [0.15, 0.2) is 11.6 Å². The number of methoxy groups -OCH3 is 1. The minimum atomic E-state index is -1.07. The standard InChI is InChI=1S/C13H18N2O4/c1-3-6-15(9-12(16)17)13(18)14-7-4-11(5-8-14)10-19-2/h1,4H,5-10H2,2H3,(H,16,17). The lowest BCUT2D eigenvalue weighted by atomic mass is 10.1. The van der Waals surface area contributed by atoms with Gasteiger partial charge < -0.3 is 19.6 Å². The van der Waals surface area contributed by atoms with Crippen molar-refractivity contribution in [2.45, 2.75) is 6.42 Å². The molecule has 1 heterocycles. The maximum Gasteiger partial charge on any atom is 0.323 e. The molecule has 19 heavy (non-hydrogen) atoms. The molecule has 0 aromatic carbocycles. The Bertz CT molecular complexity index is 411. The molecule has 0 aromatic heterocycles. The molecule has 6 nitrogen and oxygen atoms in total. The van der Waals surface area contributed by atoms with E-state index in [-0.39, 0.29) is 19.1 Å². The van der Waals surface area contributed by atoms with E-state index in [0.717, 1.165) is 16.9 Å². The minimum absolute atomic E-state index is 0.00369. The maximum atomic E-state index is 12.1. The summed E-state index contributed by atoms with van der Waals surface area (Å²) >= 11 is 0. The summed E-state index contributed by atoms with van der Waals surface area (Å²) in [5.41, 5.74) is 1.15. The fraction of sp³-hybridized carbons (Fsp3) is 0.538. The molecule has 0 aromatic rings. The Morgan fingerprint density at radius 1 is 1.63 bits per heavy atom. The van der Waals surface area contributed by atoms with E-state index in [1.165, 1.54) is 0 Å². The molecule has 1 aliphatic heterocycles. The van der Waals surface area contributed by atoms with Gasteiger partial charge in [0.1, 0.15) is 6.54 Å². The van der Waals surface area contributed by atoms with Crippen molar-refractivity contribution in [3.63, 3.8) is 0 Å². The van der Waals surface area contributed by atoms with Crippen molar-refractivity contribution in [1.29, 1.82) is 0 Å². The van der Waals surface area contributed by atoms with Gasteiger partial charge in [-0.05, 0) is 12.0 Å². The number of hydrogen-bond acceptors (Lipinski definition) is 3. The van der Waals surface area contributed by atoms with E-state index in [1.54, 1.807) is 12.0 Å². The fourth-order valence-electron chi connectivity index (χ4n) is 1.87. The topological polar surface area (TPSA) is 70.1 Å². The summed E-state index contributed by atoms with van der Waals surface area (Å²) in [4.78, 5) is 25.6. The van der Waals surface area contributed by atoms with Crippen LogP contribution in [0.3, 0.4) is 0 Å². The summed E-state index contributed by atoms with van der Waals surface area (Å²) < 4.78 is 5.03. The third kappa shape index (κ3) is 4.64. The highest BCUT2D eigenvalue weighted by Gasteiger charge is 2.23. The molecule has 1 rings (SSSR count). The summed E-state index contributed by atoms with van der Waals surface area (Å²) in [6.45, 7) is 1.18. The van der Waals surface area contributed by atoms with E-state index in [0.29, 0.717) is 19.7 Å². The number of ether oxygens (including phenoxy) is 1. The first-order valence-electron chi connectivity index (χ1n) is 5.94. The van der Waals surface area contributed by atoms with Crippen molar-refractivity contribution < 1.29 is 19.4 Å². The molecule has 0 bridgehead atoms. The van der Waals surface area contributed by atoms with Gasteiger partial charge in [-0.3, -0.25) is 4.79 Å². The van der Waals surface area contributed by atoms with Crippen LogP contribution in [0, 0.1) is 12.3 Å². The number of carbonyl (C=O) groups excluding carboxylic acids is 1. The largest absolute Gasteiger partial charge is 0.480 e.